The summed E-state index contributed by atoms with van der Waals surface area (Å²) in [6, 6.07) is 2.38. The van der Waals surface area contributed by atoms with Crippen LogP contribution in [-0.4, -0.2) is 18.2 Å². The second-order valence-electron chi connectivity index (χ2n) is 3.98. The van der Waals surface area contributed by atoms with Gasteiger partial charge in [0.25, 0.3) is 10.0 Å². The van der Waals surface area contributed by atoms with Crippen molar-refractivity contribution in [1.29, 1.82) is 0 Å². The molecular weight excluding hydrogens is 276 g/mol. The van der Waals surface area contributed by atoms with Gasteiger partial charge >= 0.3 is 0 Å². The lowest BCUT2D eigenvalue weighted by molar-refractivity contribution is 0.504. The first-order valence-electron chi connectivity index (χ1n) is 5.28. The average molecular weight is 287 g/mol. The minimum atomic E-state index is -3.97. The number of aromatic nitrogens is 2. The number of hydrogen-bond acceptors (Lipinski definition) is 3. The fourth-order valence-corrected chi connectivity index (χ4v) is 2.66. The van der Waals surface area contributed by atoms with Gasteiger partial charge in [-0.05, 0) is 25.1 Å². The van der Waals surface area contributed by atoms with Gasteiger partial charge in [-0.25, -0.2) is 17.2 Å². The zero-order chi connectivity index (χ0) is 14.2. The van der Waals surface area contributed by atoms with Crippen LogP contribution >= 0.6 is 0 Å². The highest BCUT2D eigenvalue weighted by Gasteiger charge is 2.18. The SMILES string of the molecule is Cc1nn(C)cc1NS(=O)(=O)c1ccc(F)c(F)c1. The van der Waals surface area contributed by atoms with Crippen molar-refractivity contribution in [3.63, 3.8) is 0 Å². The molecule has 2 aromatic rings. The smallest absolute Gasteiger partial charge is 0.262 e. The Hall–Kier alpha value is -1.96. The highest BCUT2D eigenvalue weighted by atomic mass is 32.2. The van der Waals surface area contributed by atoms with E-state index in [1.807, 2.05) is 0 Å². The molecular formula is C11H11F2N3O2S. The molecule has 0 aliphatic heterocycles. The molecule has 0 aliphatic rings. The summed E-state index contributed by atoms with van der Waals surface area (Å²) in [4.78, 5) is -0.352. The lowest BCUT2D eigenvalue weighted by Gasteiger charge is -2.07. The van der Waals surface area contributed by atoms with Crippen LogP contribution in [0.1, 0.15) is 5.69 Å². The highest BCUT2D eigenvalue weighted by Crippen LogP contribution is 2.19. The van der Waals surface area contributed by atoms with Crippen LogP contribution in [0.25, 0.3) is 0 Å². The summed E-state index contributed by atoms with van der Waals surface area (Å²) in [7, 11) is -2.33. The molecule has 1 aromatic carbocycles. The van der Waals surface area contributed by atoms with Crippen LogP contribution < -0.4 is 4.72 Å². The molecule has 0 amide bonds. The number of hydrogen-bond donors (Lipinski definition) is 1. The first kappa shape index (κ1) is 13.5. The van der Waals surface area contributed by atoms with Gasteiger partial charge in [0.15, 0.2) is 11.6 Å². The molecule has 0 spiro atoms. The number of anilines is 1. The van der Waals surface area contributed by atoms with Gasteiger partial charge < -0.3 is 0 Å². The minimum absolute atomic E-state index is 0.284. The first-order valence-corrected chi connectivity index (χ1v) is 6.76. The van der Waals surface area contributed by atoms with Gasteiger partial charge in [-0.2, -0.15) is 5.10 Å². The third-order valence-electron chi connectivity index (χ3n) is 2.46. The van der Waals surface area contributed by atoms with E-state index >= 15 is 0 Å². The van der Waals surface area contributed by atoms with Gasteiger partial charge in [0.2, 0.25) is 0 Å². The number of rotatable bonds is 3. The van der Waals surface area contributed by atoms with E-state index in [0.29, 0.717) is 11.8 Å². The topological polar surface area (TPSA) is 64.0 Å². The van der Waals surface area contributed by atoms with Crippen LogP contribution in [0.5, 0.6) is 0 Å². The predicted octanol–water partition coefficient (Wildman–Crippen LogP) is 1.81. The van der Waals surface area contributed by atoms with Gasteiger partial charge in [-0.15, -0.1) is 0 Å². The van der Waals surface area contributed by atoms with Crippen LogP contribution in [-0.2, 0) is 17.1 Å². The molecule has 5 nitrogen and oxygen atoms in total. The second-order valence-corrected chi connectivity index (χ2v) is 5.67. The Morgan fingerprint density at radius 3 is 2.47 bits per heavy atom. The molecule has 0 radical (unpaired) electrons. The molecule has 0 saturated carbocycles. The second kappa shape index (κ2) is 4.61. The maximum absolute atomic E-state index is 13.0. The molecule has 8 heteroatoms. The lowest BCUT2D eigenvalue weighted by atomic mass is 10.3. The van der Waals surface area contributed by atoms with E-state index in [2.05, 4.69) is 9.82 Å². The quantitative estimate of drug-likeness (QED) is 0.936. The predicted molar refractivity (Wildman–Crippen MR) is 65.1 cm³/mol. The van der Waals surface area contributed by atoms with Crippen molar-refractivity contribution < 1.29 is 17.2 Å². The van der Waals surface area contributed by atoms with E-state index in [4.69, 9.17) is 0 Å². The maximum atomic E-state index is 13.0. The van der Waals surface area contributed by atoms with Crippen molar-refractivity contribution in [1.82, 2.24) is 9.78 Å². The van der Waals surface area contributed by atoms with Crippen molar-refractivity contribution in [2.45, 2.75) is 11.8 Å². The molecule has 2 rings (SSSR count). The van der Waals surface area contributed by atoms with Gasteiger partial charge in [-0.3, -0.25) is 9.40 Å². The van der Waals surface area contributed by atoms with E-state index in [0.717, 1.165) is 12.1 Å². The number of aryl methyl sites for hydroxylation is 2. The van der Waals surface area contributed by atoms with Gasteiger partial charge in [-0.1, -0.05) is 0 Å². The Morgan fingerprint density at radius 1 is 1.26 bits per heavy atom. The summed E-state index contributed by atoms with van der Waals surface area (Å²) >= 11 is 0. The summed E-state index contributed by atoms with van der Waals surface area (Å²) < 4.78 is 53.5. The number of halogens is 2. The summed E-state index contributed by atoms with van der Waals surface area (Å²) in [6.45, 7) is 1.63. The normalized spacial score (nSPS) is 11.6. The maximum Gasteiger partial charge on any atom is 0.262 e. The van der Waals surface area contributed by atoms with Crippen LogP contribution in [0, 0.1) is 18.6 Å². The number of benzene rings is 1. The van der Waals surface area contributed by atoms with Crippen LogP contribution in [0.2, 0.25) is 0 Å². The standard InChI is InChI=1S/C11H11F2N3O2S/c1-7-11(6-16(2)14-7)15-19(17,18)8-3-4-9(12)10(13)5-8/h3-6,15H,1-2H3. The van der Waals surface area contributed by atoms with E-state index in [-0.39, 0.29) is 10.6 Å². The molecule has 0 atom stereocenters. The Balaban J connectivity index is 2.37. The van der Waals surface area contributed by atoms with Gasteiger partial charge in [0.05, 0.1) is 16.3 Å². The first-order chi connectivity index (χ1) is 8.79. The zero-order valence-corrected chi connectivity index (χ0v) is 11.0. The Labute approximate surface area is 108 Å². The van der Waals surface area contributed by atoms with Gasteiger partial charge in [0, 0.05) is 13.2 Å². The third kappa shape index (κ3) is 2.73. The van der Waals surface area contributed by atoms with Crippen molar-refractivity contribution >= 4 is 15.7 Å². The van der Waals surface area contributed by atoms with Crippen LogP contribution in [0.4, 0.5) is 14.5 Å². The van der Waals surface area contributed by atoms with Crippen molar-refractivity contribution in [2.24, 2.45) is 7.05 Å². The Morgan fingerprint density at radius 2 is 1.95 bits per heavy atom. The Bertz CT molecular complexity index is 726. The van der Waals surface area contributed by atoms with Crippen molar-refractivity contribution in [2.75, 3.05) is 4.72 Å². The fraction of sp³-hybridized carbons (Fsp3) is 0.182. The monoisotopic (exact) mass is 287 g/mol. The molecule has 0 fully saturated rings. The van der Waals surface area contributed by atoms with Gasteiger partial charge in [0.1, 0.15) is 0 Å². The lowest BCUT2D eigenvalue weighted by Crippen LogP contribution is -2.13. The highest BCUT2D eigenvalue weighted by molar-refractivity contribution is 7.92. The Kier molecular flexibility index (Phi) is 3.27. The minimum Gasteiger partial charge on any atom is -0.276 e. The van der Waals surface area contributed by atoms with E-state index in [1.54, 1.807) is 14.0 Å². The van der Waals surface area contributed by atoms with E-state index in [1.165, 1.54) is 10.9 Å². The van der Waals surface area contributed by atoms with E-state index in [9.17, 15) is 17.2 Å². The molecule has 19 heavy (non-hydrogen) atoms. The van der Waals surface area contributed by atoms with E-state index < -0.39 is 21.7 Å². The molecule has 0 aliphatic carbocycles. The third-order valence-corrected chi connectivity index (χ3v) is 3.82. The molecule has 1 N–H and O–H groups in total. The molecule has 1 heterocycles. The summed E-state index contributed by atoms with van der Waals surface area (Å²) in [6.07, 6.45) is 1.48. The van der Waals surface area contributed by atoms with Crippen LogP contribution in [0.15, 0.2) is 29.3 Å². The largest absolute Gasteiger partial charge is 0.276 e. The molecule has 0 bridgehead atoms. The number of sulfonamides is 1. The molecule has 102 valence electrons. The van der Waals surface area contributed by atoms with Crippen LogP contribution in [0.3, 0.4) is 0 Å². The summed E-state index contributed by atoms with van der Waals surface area (Å²) in [5, 5.41) is 3.98. The number of nitrogens with zero attached hydrogens (tertiary/aromatic N) is 2. The summed E-state index contributed by atoms with van der Waals surface area (Å²) in [5.41, 5.74) is 0.765. The average Bonchev–Trinajstić information content (AvgIpc) is 2.60. The number of nitrogens with one attached hydrogen (secondary N) is 1. The van der Waals surface area contributed by atoms with Crippen molar-refractivity contribution in [3.8, 4) is 0 Å². The molecule has 0 unspecified atom stereocenters. The fourth-order valence-electron chi connectivity index (χ4n) is 1.55. The molecule has 1 aromatic heterocycles. The summed E-state index contributed by atoms with van der Waals surface area (Å²) in [5.74, 6) is -2.32. The van der Waals surface area contributed by atoms with Crippen molar-refractivity contribution in [3.05, 3.63) is 41.7 Å². The zero-order valence-electron chi connectivity index (χ0n) is 10.2. The molecule has 0 saturated heterocycles.